The van der Waals surface area contributed by atoms with E-state index in [0.717, 1.165) is 0 Å². The largest absolute Gasteiger partial charge is 0.481 e. The summed E-state index contributed by atoms with van der Waals surface area (Å²) in [7, 11) is 0. The van der Waals surface area contributed by atoms with Crippen LogP contribution in [0.3, 0.4) is 0 Å². The van der Waals surface area contributed by atoms with Crippen molar-refractivity contribution in [2.75, 3.05) is 117 Å². The third-order valence-electron chi connectivity index (χ3n) is 3.75. The Morgan fingerprint density at radius 1 is 0.529 bits per heavy atom. The molecule has 0 aliphatic heterocycles. The Morgan fingerprint density at radius 3 is 1.12 bits per heavy atom. The normalized spacial score (nSPS) is 11.1. The molecular weight excluding hydrogens is 569 g/mol. The number of alkyl halides is 1. The molecule has 0 saturated carbocycles. The van der Waals surface area contributed by atoms with E-state index in [4.69, 9.17) is 43.0 Å². The summed E-state index contributed by atoms with van der Waals surface area (Å²) in [5.74, 6) is -0.865. The fourth-order valence-corrected chi connectivity index (χ4v) is 2.38. The SMILES string of the molecule is O=C(O)CCOCCOCCOCCOCCOCCOCCOCCOCCNC(=O)CI. The molecule has 0 aliphatic carbocycles. The van der Waals surface area contributed by atoms with Gasteiger partial charge in [-0.2, -0.15) is 0 Å². The van der Waals surface area contributed by atoms with E-state index in [2.05, 4.69) is 5.32 Å². The first-order valence-electron chi connectivity index (χ1n) is 11.3. The third-order valence-corrected chi connectivity index (χ3v) is 4.45. The van der Waals surface area contributed by atoms with Gasteiger partial charge in [-0.15, -0.1) is 0 Å². The number of carbonyl (C=O) groups excluding carboxylic acids is 1. The molecule has 2 N–H and O–H groups in total. The number of carboxylic acid groups (broad SMARTS) is 1. The van der Waals surface area contributed by atoms with Crippen LogP contribution < -0.4 is 5.32 Å². The van der Waals surface area contributed by atoms with Crippen LogP contribution in [0.4, 0.5) is 0 Å². The summed E-state index contributed by atoms with van der Waals surface area (Å²) in [6, 6.07) is 0. The van der Waals surface area contributed by atoms with E-state index in [1.54, 1.807) is 0 Å². The van der Waals surface area contributed by atoms with Crippen LogP contribution in [0, 0.1) is 0 Å². The zero-order chi connectivity index (χ0) is 25.0. The lowest BCUT2D eigenvalue weighted by molar-refractivity contribution is -0.138. The number of amides is 1. The Kier molecular flexibility index (Phi) is 28.0. The molecule has 12 nitrogen and oxygen atoms in total. The quantitative estimate of drug-likeness (QED) is 0.0712. The number of rotatable bonds is 28. The van der Waals surface area contributed by atoms with Crippen LogP contribution in [0.1, 0.15) is 6.42 Å². The minimum absolute atomic E-state index is 0.00102. The maximum atomic E-state index is 11.0. The summed E-state index contributed by atoms with van der Waals surface area (Å²) in [6.07, 6.45) is -0.00102. The maximum Gasteiger partial charge on any atom is 0.305 e. The van der Waals surface area contributed by atoms with Crippen LogP contribution in [0.15, 0.2) is 0 Å². The highest BCUT2D eigenvalue weighted by molar-refractivity contribution is 14.1. The Balaban J connectivity index is 3.04. The Hall–Kier alpha value is -0.650. The van der Waals surface area contributed by atoms with Gasteiger partial charge in [0, 0.05) is 6.54 Å². The average molecular weight is 609 g/mol. The van der Waals surface area contributed by atoms with Crippen molar-refractivity contribution in [2.45, 2.75) is 6.42 Å². The molecule has 0 spiro atoms. The summed E-state index contributed by atoms with van der Waals surface area (Å²) in [4.78, 5) is 21.3. The minimum atomic E-state index is -0.874. The second-order valence-electron chi connectivity index (χ2n) is 6.53. The number of carbonyl (C=O) groups is 2. The predicted molar refractivity (Wildman–Crippen MR) is 131 cm³/mol. The van der Waals surface area contributed by atoms with Crippen LogP contribution >= 0.6 is 22.6 Å². The minimum Gasteiger partial charge on any atom is -0.481 e. The Labute approximate surface area is 215 Å². The van der Waals surface area contributed by atoms with E-state index in [9.17, 15) is 9.59 Å². The molecular formula is C21H40INO11. The van der Waals surface area contributed by atoms with Crippen LogP contribution in [0.2, 0.25) is 0 Å². The van der Waals surface area contributed by atoms with Gasteiger partial charge < -0.3 is 48.3 Å². The second-order valence-corrected chi connectivity index (χ2v) is 7.29. The number of aliphatic carboxylic acids is 1. The predicted octanol–water partition coefficient (Wildman–Crippen LogP) is 0.145. The Bertz CT molecular complexity index is 460. The number of ether oxygens (including phenoxy) is 8. The molecule has 0 aliphatic rings. The van der Waals surface area contributed by atoms with E-state index in [1.807, 2.05) is 22.6 Å². The van der Waals surface area contributed by atoms with E-state index >= 15 is 0 Å². The smallest absolute Gasteiger partial charge is 0.305 e. The van der Waals surface area contributed by atoms with Crippen molar-refractivity contribution < 1.29 is 52.6 Å². The fourth-order valence-electron chi connectivity index (χ4n) is 2.11. The van der Waals surface area contributed by atoms with Crippen LogP contribution in [0.25, 0.3) is 0 Å². The monoisotopic (exact) mass is 609 g/mol. The van der Waals surface area contributed by atoms with Gasteiger partial charge in [-0.3, -0.25) is 9.59 Å². The topological polar surface area (TPSA) is 140 Å². The highest BCUT2D eigenvalue weighted by Gasteiger charge is 1.98. The van der Waals surface area contributed by atoms with Crippen molar-refractivity contribution in [3.8, 4) is 0 Å². The molecule has 0 atom stereocenters. The summed E-state index contributed by atoms with van der Waals surface area (Å²) >= 11 is 2.01. The molecule has 1 amide bonds. The first-order valence-corrected chi connectivity index (χ1v) is 12.9. The van der Waals surface area contributed by atoms with Gasteiger partial charge in [-0.1, -0.05) is 22.6 Å². The highest BCUT2D eigenvalue weighted by Crippen LogP contribution is 1.87. The molecule has 0 saturated heterocycles. The van der Waals surface area contributed by atoms with Crippen molar-refractivity contribution >= 4 is 34.5 Å². The molecule has 0 fully saturated rings. The van der Waals surface area contributed by atoms with Gasteiger partial charge >= 0.3 is 5.97 Å². The number of hydrogen-bond donors (Lipinski definition) is 2. The number of halogens is 1. The summed E-state index contributed by atoms with van der Waals surface area (Å²) < 4.78 is 43.1. The lowest BCUT2D eigenvalue weighted by Gasteiger charge is -2.08. The highest BCUT2D eigenvalue weighted by atomic mass is 127. The van der Waals surface area contributed by atoms with E-state index in [-0.39, 0.29) is 18.9 Å². The molecule has 0 bridgehead atoms. The van der Waals surface area contributed by atoms with Gasteiger partial charge in [0.15, 0.2) is 0 Å². The average Bonchev–Trinajstić information content (AvgIpc) is 2.83. The molecule has 34 heavy (non-hydrogen) atoms. The lowest BCUT2D eigenvalue weighted by atomic mass is 10.5. The van der Waals surface area contributed by atoms with Gasteiger partial charge in [-0.25, -0.2) is 0 Å². The van der Waals surface area contributed by atoms with Crippen molar-refractivity contribution in [3.05, 3.63) is 0 Å². The summed E-state index contributed by atoms with van der Waals surface area (Å²) in [6.45, 7) is 7.71. The van der Waals surface area contributed by atoms with Crippen molar-refractivity contribution in [1.82, 2.24) is 5.32 Å². The molecule has 0 heterocycles. The summed E-state index contributed by atoms with van der Waals surface area (Å²) in [5.41, 5.74) is 0. The van der Waals surface area contributed by atoms with Crippen LogP contribution in [0.5, 0.6) is 0 Å². The molecule has 0 unspecified atom stereocenters. The van der Waals surface area contributed by atoms with Crippen LogP contribution in [-0.4, -0.2) is 134 Å². The van der Waals surface area contributed by atoms with E-state index in [0.29, 0.717) is 110 Å². The fraction of sp³-hybridized carbons (Fsp3) is 0.905. The third kappa shape index (κ3) is 29.4. The van der Waals surface area contributed by atoms with Crippen molar-refractivity contribution in [2.24, 2.45) is 0 Å². The van der Waals surface area contributed by atoms with E-state index in [1.165, 1.54) is 0 Å². The van der Waals surface area contributed by atoms with Gasteiger partial charge in [0.25, 0.3) is 0 Å². The number of carboxylic acids is 1. The van der Waals surface area contributed by atoms with Gasteiger partial charge in [0.1, 0.15) is 0 Å². The molecule has 0 radical (unpaired) electrons. The van der Waals surface area contributed by atoms with Crippen molar-refractivity contribution in [3.63, 3.8) is 0 Å². The first kappa shape index (κ1) is 33.4. The first-order chi connectivity index (χ1) is 16.7. The van der Waals surface area contributed by atoms with Gasteiger partial charge in [0.2, 0.25) is 5.91 Å². The van der Waals surface area contributed by atoms with Gasteiger partial charge in [0.05, 0.1) is 117 Å². The molecule has 0 aromatic rings. The van der Waals surface area contributed by atoms with E-state index < -0.39 is 5.97 Å². The van der Waals surface area contributed by atoms with Gasteiger partial charge in [-0.05, 0) is 0 Å². The number of hydrogen-bond acceptors (Lipinski definition) is 10. The maximum absolute atomic E-state index is 11.0. The molecule has 202 valence electrons. The summed E-state index contributed by atoms with van der Waals surface area (Å²) in [5, 5.41) is 11.2. The standard InChI is InChI=1S/C21H40INO11/c22-19-20(24)23-2-4-28-6-8-30-10-12-32-14-16-34-18-17-33-15-13-31-11-9-29-7-5-27-3-1-21(25)26/h1-19H2,(H,23,24)(H,25,26). The lowest BCUT2D eigenvalue weighted by Crippen LogP contribution is -2.28. The van der Waals surface area contributed by atoms with Crippen LogP contribution in [-0.2, 0) is 47.5 Å². The number of nitrogens with one attached hydrogen (secondary N) is 1. The molecule has 0 rings (SSSR count). The zero-order valence-corrected chi connectivity index (χ0v) is 22.0. The Morgan fingerprint density at radius 2 is 0.824 bits per heavy atom. The molecule has 0 aromatic carbocycles. The zero-order valence-electron chi connectivity index (χ0n) is 19.8. The second kappa shape index (κ2) is 28.6. The molecule has 13 heteroatoms. The van der Waals surface area contributed by atoms with Crippen molar-refractivity contribution in [1.29, 1.82) is 0 Å². The molecule has 0 aromatic heterocycles.